The van der Waals surface area contributed by atoms with Gasteiger partial charge < -0.3 is 15.2 Å². The molecule has 2 aliphatic rings. The van der Waals surface area contributed by atoms with E-state index in [1.165, 1.54) is 18.2 Å². The summed E-state index contributed by atoms with van der Waals surface area (Å²) in [5, 5.41) is 10.3. The van der Waals surface area contributed by atoms with Gasteiger partial charge in [-0.2, -0.15) is 0 Å². The Labute approximate surface area is 147 Å². The normalized spacial score (nSPS) is 22.7. The van der Waals surface area contributed by atoms with E-state index >= 15 is 0 Å². The second-order valence-electron chi connectivity index (χ2n) is 6.49. The van der Waals surface area contributed by atoms with Gasteiger partial charge in [-0.15, -0.1) is 0 Å². The summed E-state index contributed by atoms with van der Waals surface area (Å²) in [5.74, 6) is -0.387. The lowest BCUT2D eigenvalue weighted by Gasteiger charge is -2.15. The molecule has 26 heavy (non-hydrogen) atoms. The number of nitrogens with two attached hydrogens (primary N) is 1. The molecule has 2 amide bonds. The molecule has 0 saturated heterocycles. The van der Waals surface area contributed by atoms with E-state index in [9.17, 15) is 18.8 Å². The molecule has 1 fully saturated rings. The minimum atomic E-state index is -0.910. The van der Waals surface area contributed by atoms with Crippen LogP contribution in [0, 0.1) is 11.6 Å². The van der Waals surface area contributed by atoms with Crippen LogP contribution < -0.4 is 15.2 Å². The molecule has 1 unspecified atom stereocenters. The fraction of sp³-hybridized carbons (Fsp3) is 0.278. The van der Waals surface area contributed by atoms with Gasteiger partial charge in [-0.25, -0.2) is 18.6 Å². The number of ether oxygens (including phenoxy) is 2. The van der Waals surface area contributed by atoms with Gasteiger partial charge in [0.05, 0.1) is 17.0 Å². The summed E-state index contributed by atoms with van der Waals surface area (Å²) in [7, 11) is 0. The summed E-state index contributed by atoms with van der Waals surface area (Å²) in [6, 6.07) is 7.35. The molecule has 0 radical (unpaired) electrons. The molecule has 3 N–H and O–H groups in total. The number of urea groups is 1. The third-order valence-corrected chi connectivity index (χ3v) is 4.98. The zero-order valence-electron chi connectivity index (χ0n) is 13.6. The van der Waals surface area contributed by atoms with E-state index in [1.54, 1.807) is 18.2 Å². The predicted octanol–water partition coefficient (Wildman–Crippen LogP) is 2.72. The second-order valence-corrected chi connectivity index (χ2v) is 6.49. The van der Waals surface area contributed by atoms with E-state index in [0.29, 0.717) is 29.6 Å². The molecule has 2 aromatic carbocycles. The number of halogens is 2. The number of amides is 2. The van der Waals surface area contributed by atoms with Gasteiger partial charge in [0.15, 0.2) is 0 Å². The number of hydrogen-bond acceptors (Lipinski definition) is 4. The van der Waals surface area contributed by atoms with Gasteiger partial charge in [-0.1, -0.05) is 12.1 Å². The lowest BCUT2D eigenvalue weighted by molar-refractivity contribution is -0.0536. The number of primary amides is 1. The van der Waals surface area contributed by atoms with Gasteiger partial charge in [-0.3, -0.25) is 5.21 Å². The lowest BCUT2D eigenvalue weighted by Crippen LogP contribution is -2.38. The topological polar surface area (TPSA) is 85.0 Å². The molecular weight excluding hydrogens is 346 g/mol. The molecule has 136 valence electrons. The van der Waals surface area contributed by atoms with Crippen molar-refractivity contribution in [3.63, 3.8) is 0 Å². The summed E-state index contributed by atoms with van der Waals surface area (Å²) in [5.41, 5.74) is 5.32. The fourth-order valence-corrected chi connectivity index (χ4v) is 3.44. The van der Waals surface area contributed by atoms with Crippen molar-refractivity contribution < 1.29 is 28.3 Å². The van der Waals surface area contributed by atoms with Gasteiger partial charge in [-0.05, 0) is 24.6 Å². The molecule has 1 spiro atoms. The Morgan fingerprint density at radius 2 is 2.08 bits per heavy atom. The first-order valence-corrected chi connectivity index (χ1v) is 8.03. The summed E-state index contributed by atoms with van der Waals surface area (Å²) in [6.07, 6.45) is 0.542. The lowest BCUT2D eigenvalue weighted by atomic mass is 9.97. The molecular formula is C18H16F2N2O4. The smallest absolute Gasteiger partial charge is 0.338 e. The number of benzene rings is 2. The largest absolute Gasteiger partial charge is 0.492 e. The van der Waals surface area contributed by atoms with Crippen LogP contribution in [0.15, 0.2) is 36.4 Å². The molecule has 2 aromatic rings. The third kappa shape index (κ3) is 2.53. The third-order valence-electron chi connectivity index (χ3n) is 4.98. The molecule has 1 saturated carbocycles. The zero-order chi connectivity index (χ0) is 18.5. The minimum absolute atomic E-state index is 0.148. The Morgan fingerprint density at radius 1 is 1.35 bits per heavy atom. The van der Waals surface area contributed by atoms with Gasteiger partial charge in [0.1, 0.15) is 36.3 Å². The van der Waals surface area contributed by atoms with E-state index in [-0.39, 0.29) is 12.2 Å². The first-order valence-electron chi connectivity index (χ1n) is 8.03. The summed E-state index contributed by atoms with van der Waals surface area (Å²) < 4.78 is 38.5. The molecule has 1 aliphatic heterocycles. The van der Waals surface area contributed by atoms with Crippen molar-refractivity contribution in [1.29, 1.82) is 0 Å². The molecule has 1 heterocycles. The second kappa shape index (κ2) is 5.84. The Hall–Kier alpha value is -2.87. The standard InChI is InChI=1S/C18H16F2N2O4/c19-13-2-1-3-14(20)11(13)8-25-10-4-5-12-15(6-10)26-9-18(12)7-16(18)22(24)17(21)23/h1-6,16,24H,7-9H2,(H2,21,23)/t16-,18?/m0/s1. The Kier molecular flexibility index (Phi) is 3.73. The van der Waals surface area contributed by atoms with Crippen molar-refractivity contribution in [3.8, 4) is 11.5 Å². The van der Waals surface area contributed by atoms with E-state index in [2.05, 4.69) is 0 Å². The summed E-state index contributed by atoms with van der Waals surface area (Å²) in [4.78, 5) is 11.1. The maximum absolute atomic E-state index is 13.7. The summed E-state index contributed by atoms with van der Waals surface area (Å²) >= 11 is 0. The van der Waals surface area contributed by atoms with E-state index in [4.69, 9.17) is 15.2 Å². The highest BCUT2D eigenvalue weighted by molar-refractivity contribution is 5.72. The van der Waals surface area contributed by atoms with E-state index in [1.807, 2.05) is 0 Å². The van der Waals surface area contributed by atoms with Crippen LogP contribution in [0.1, 0.15) is 17.5 Å². The van der Waals surface area contributed by atoms with E-state index < -0.39 is 29.1 Å². The van der Waals surface area contributed by atoms with Crippen LogP contribution in [0.25, 0.3) is 0 Å². The quantitative estimate of drug-likeness (QED) is 0.647. The van der Waals surface area contributed by atoms with Crippen LogP contribution in [0.3, 0.4) is 0 Å². The highest BCUT2D eigenvalue weighted by Crippen LogP contribution is 2.57. The number of fused-ring (bicyclic) bond motifs is 2. The highest BCUT2D eigenvalue weighted by atomic mass is 19.1. The number of carbonyl (C=O) groups excluding carboxylic acids is 1. The number of nitrogens with zero attached hydrogens (tertiary/aromatic N) is 1. The van der Waals surface area contributed by atoms with Crippen LogP contribution in [0.5, 0.6) is 11.5 Å². The molecule has 8 heteroatoms. The van der Waals surface area contributed by atoms with Crippen molar-refractivity contribution in [2.45, 2.75) is 24.5 Å². The average molecular weight is 362 g/mol. The van der Waals surface area contributed by atoms with Crippen LogP contribution >= 0.6 is 0 Å². The predicted molar refractivity (Wildman–Crippen MR) is 85.9 cm³/mol. The SMILES string of the molecule is NC(=O)N(O)[C@H]1CC12COc1cc(OCc3c(F)cccc3F)ccc12. The number of hydrogen-bond donors (Lipinski definition) is 2. The Balaban J connectivity index is 1.50. The average Bonchev–Trinajstić information content (AvgIpc) is 3.22. The zero-order valence-corrected chi connectivity index (χ0v) is 13.6. The molecule has 0 bridgehead atoms. The van der Waals surface area contributed by atoms with Gasteiger partial charge >= 0.3 is 6.03 Å². The Morgan fingerprint density at radius 3 is 2.77 bits per heavy atom. The van der Waals surface area contributed by atoms with Crippen LogP contribution in [-0.2, 0) is 12.0 Å². The molecule has 2 atom stereocenters. The number of hydroxylamine groups is 2. The highest BCUT2D eigenvalue weighted by Gasteiger charge is 2.63. The van der Waals surface area contributed by atoms with Crippen LogP contribution in [0.2, 0.25) is 0 Å². The molecule has 4 rings (SSSR count). The minimum Gasteiger partial charge on any atom is -0.492 e. The van der Waals surface area contributed by atoms with Gasteiger partial charge in [0.2, 0.25) is 0 Å². The monoisotopic (exact) mass is 362 g/mol. The maximum atomic E-state index is 13.7. The molecule has 6 nitrogen and oxygen atoms in total. The fourth-order valence-electron chi connectivity index (χ4n) is 3.44. The van der Waals surface area contributed by atoms with E-state index in [0.717, 1.165) is 5.56 Å². The van der Waals surface area contributed by atoms with Crippen LogP contribution in [0.4, 0.5) is 13.6 Å². The maximum Gasteiger partial charge on any atom is 0.338 e. The van der Waals surface area contributed by atoms with Crippen molar-refractivity contribution in [2.24, 2.45) is 5.73 Å². The molecule has 0 aromatic heterocycles. The number of carbonyl (C=O) groups is 1. The first-order chi connectivity index (χ1) is 12.4. The van der Waals surface area contributed by atoms with Crippen LogP contribution in [-0.4, -0.2) is 29.0 Å². The van der Waals surface area contributed by atoms with Gasteiger partial charge in [0, 0.05) is 11.6 Å². The van der Waals surface area contributed by atoms with Crippen molar-refractivity contribution >= 4 is 6.03 Å². The van der Waals surface area contributed by atoms with Crippen molar-refractivity contribution in [1.82, 2.24) is 5.06 Å². The Bertz CT molecular complexity index is 871. The van der Waals surface area contributed by atoms with Gasteiger partial charge in [0.25, 0.3) is 0 Å². The first kappa shape index (κ1) is 16.6. The number of rotatable bonds is 4. The summed E-state index contributed by atoms with van der Waals surface area (Å²) in [6.45, 7) is 0.0554. The van der Waals surface area contributed by atoms with Crippen molar-refractivity contribution in [3.05, 3.63) is 59.2 Å². The molecule has 1 aliphatic carbocycles. The van der Waals surface area contributed by atoms with Crippen molar-refractivity contribution in [2.75, 3.05) is 6.61 Å².